The predicted octanol–water partition coefficient (Wildman–Crippen LogP) is 0.916. The molecule has 0 unspecified atom stereocenters. The number of aromatic nitrogens is 5. The quantitative estimate of drug-likeness (QED) is 0.445. The van der Waals surface area contributed by atoms with Gasteiger partial charge in [0.05, 0.1) is 29.7 Å². The van der Waals surface area contributed by atoms with Gasteiger partial charge in [0.1, 0.15) is 17.3 Å². The van der Waals surface area contributed by atoms with Gasteiger partial charge in [-0.3, -0.25) is 9.48 Å². The molecule has 3 aromatic heterocycles. The van der Waals surface area contributed by atoms with Gasteiger partial charge in [-0.1, -0.05) is 22.6 Å². The predicted molar refractivity (Wildman–Crippen MR) is 138 cm³/mol. The van der Waals surface area contributed by atoms with Gasteiger partial charge in [0.15, 0.2) is 0 Å². The van der Waals surface area contributed by atoms with E-state index in [2.05, 4.69) is 30.5 Å². The standard InChI is InChI=1S/C23H21B3N8O/c1-32-14-19(30-31-32)15-2-3-17-13-28-20(11-18(17)10-15)29-22(35)16-4-5-27-21(12-16)33-6-8-34(9-7-33)23(24,25)26/h2-5,10-14H,6-9H2,1H3,(H,28,29,35). The average molecular weight is 458 g/mol. The smallest absolute Gasteiger partial charge is 0.257 e. The number of fused-ring (bicyclic) bond motifs is 1. The molecule has 0 aliphatic carbocycles. The van der Waals surface area contributed by atoms with E-state index in [4.69, 9.17) is 23.5 Å². The number of hydrogen-bond acceptors (Lipinski definition) is 7. The van der Waals surface area contributed by atoms with Crippen molar-refractivity contribution >= 4 is 51.9 Å². The van der Waals surface area contributed by atoms with Crippen LogP contribution in [0.3, 0.4) is 0 Å². The molecular weight excluding hydrogens is 437 g/mol. The third-order valence-electron chi connectivity index (χ3n) is 6.02. The first-order valence-corrected chi connectivity index (χ1v) is 11.2. The zero-order chi connectivity index (χ0) is 24.6. The van der Waals surface area contributed by atoms with Crippen LogP contribution in [0, 0.1) is 0 Å². The van der Waals surface area contributed by atoms with Crippen molar-refractivity contribution in [2.75, 3.05) is 36.4 Å². The number of aryl methyl sites for hydroxylation is 1. The molecule has 0 saturated carbocycles. The Kier molecular flexibility index (Phi) is 6.06. The molecule has 1 aliphatic heterocycles. The third-order valence-corrected chi connectivity index (χ3v) is 6.02. The summed E-state index contributed by atoms with van der Waals surface area (Å²) in [5.74, 6) is 0.888. The first-order chi connectivity index (χ1) is 16.8. The van der Waals surface area contributed by atoms with E-state index in [9.17, 15) is 4.79 Å². The van der Waals surface area contributed by atoms with Crippen LogP contribution in [-0.2, 0) is 7.05 Å². The molecule has 6 radical (unpaired) electrons. The zero-order valence-corrected chi connectivity index (χ0v) is 19.3. The molecule has 168 valence electrons. The number of nitrogens with zero attached hydrogens (tertiary/aromatic N) is 7. The first kappa shape index (κ1) is 23.1. The Balaban J connectivity index is 1.31. The normalized spacial score (nSPS) is 14.8. The number of rotatable bonds is 5. The van der Waals surface area contributed by atoms with Crippen LogP contribution in [0.2, 0.25) is 0 Å². The second-order valence-corrected chi connectivity index (χ2v) is 8.63. The number of nitrogens with one attached hydrogen (secondary N) is 1. The summed E-state index contributed by atoms with van der Waals surface area (Å²) < 4.78 is 1.66. The Morgan fingerprint density at radius 2 is 1.80 bits per heavy atom. The summed E-state index contributed by atoms with van der Waals surface area (Å²) in [4.78, 5) is 25.7. The van der Waals surface area contributed by atoms with Crippen molar-refractivity contribution in [2.24, 2.45) is 7.05 Å². The fraction of sp³-hybridized carbons (Fsp3) is 0.261. The summed E-state index contributed by atoms with van der Waals surface area (Å²) in [5, 5.41) is 11.6. The van der Waals surface area contributed by atoms with E-state index in [-0.39, 0.29) is 5.91 Å². The Hall–Kier alpha value is -3.66. The lowest BCUT2D eigenvalue weighted by Gasteiger charge is -2.43. The van der Waals surface area contributed by atoms with Gasteiger partial charge in [0.2, 0.25) is 0 Å². The van der Waals surface area contributed by atoms with Crippen molar-refractivity contribution < 1.29 is 4.79 Å². The van der Waals surface area contributed by atoms with Gasteiger partial charge < -0.3 is 15.1 Å². The highest BCUT2D eigenvalue weighted by molar-refractivity contribution is 6.59. The highest BCUT2D eigenvalue weighted by Crippen LogP contribution is 2.24. The molecule has 0 spiro atoms. The zero-order valence-electron chi connectivity index (χ0n) is 19.3. The van der Waals surface area contributed by atoms with Crippen molar-refractivity contribution in [3.63, 3.8) is 0 Å². The van der Waals surface area contributed by atoms with Gasteiger partial charge in [-0.15, -0.1) is 5.10 Å². The molecule has 5 rings (SSSR count). The molecule has 1 N–H and O–H groups in total. The highest BCUT2D eigenvalue weighted by atomic mass is 16.1. The highest BCUT2D eigenvalue weighted by Gasteiger charge is 2.25. The lowest BCUT2D eigenvalue weighted by molar-refractivity contribution is 0.102. The van der Waals surface area contributed by atoms with Crippen LogP contribution >= 0.6 is 0 Å². The first-order valence-electron chi connectivity index (χ1n) is 11.2. The molecular formula is C23H21B3N8O. The van der Waals surface area contributed by atoms with E-state index >= 15 is 0 Å². The minimum absolute atomic E-state index is 0.269. The van der Waals surface area contributed by atoms with Gasteiger partial charge in [0.25, 0.3) is 5.91 Å². The van der Waals surface area contributed by atoms with E-state index in [1.54, 1.807) is 34.1 Å². The minimum atomic E-state index is -1.34. The topological polar surface area (TPSA) is 92.1 Å². The molecule has 1 aliphatic rings. The summed E-state index contributed by atoms with van der Waals surface area (Å²) in [6.07, 6.45) is 5.20. The number of carbonyl (C=O) groups excluding carboxylic acids is 1. The molecule has 4 aromatic rings. The maximum atomic E-state index is 13.0. The maximum Gasteiger partial charge on any atom is 0.257 e. The fourth-order valence-electron chi connectivity index (χ4n) is 4.09. The van der Waals surface area contributed by atoms with Crippen LogP contribution in [0.5, 0.6) is 0 Å². The number of carbonyl (C=O) groups is 1. The summed E-state index contributed by atoms with van der Waals surface area (Å²) in [6.45, 7) is 2.48. The van der Waals surface area contributed by atoms with E-state index in [1.165, 1.54) is 0 Å². The molecule has 1 aromatic carbocycles. The lowest BCUT2D eigenvalue weighted by Crippen LogP contribution is -2.58. The number of pyridine rings is 2. The van der Waals surface area contributed by atoms with E-state index in [0.717, 1.165) is 22.0 Å². The van der Waals surface area contributed by atoms with E-state index in [0.29, 0.717) is 43.4 Å². The molecule has 9 nitrogen and oxygen atoms in total. The second-order valence-electron chi connectivity index (χ2n) is 8.63. The van der Waals surface area contributed by atoms with Crippen LogP contribution in [0.4, 0.5) is 11.6 Å². The molecule has 35 heavy (non-hydrogen) atoms. The third kappa shape index (κ3) is 5.07. The van der Waals surface area contributed by atoms with Crippen LogP contribution in [0.1, 0.15) is 10.4 Å². The van der Waals surface area contributed by atoms with Gasteiger partial charge >= 0.3 is 0 Å². The maximum absolute atomic E-state index is 13.0. The molecule has 1 saturated heterocycles. The van der Waals surface area contributed by atoms with Crippen molar-refractivity contribution in [1.29, 1.82) is 0 Å². The minimum Gasteiger partial charge on any atom is -0.354 e. The number of piperazine rings is 1. The number of benzene rings is 1. The van der Waals surface area contributed by atoms with Crippen LogP contribution < -0.4 is 10.2 Å². The molecule has 0 atom stereocenters. The fourth-order valence-corrected chi connectivity index (χ4v) is 4.09. The molecule has 4 heterocycles. The Morgan fingerprint density at radius 3 is 2.51 bits per heavy atom. The van der Waals surface area contributed by atoms with Gasteiger partial charge in [-0.05, 0) is 29.7 Å². The molecule has 1 amide bonds. The Labute approximate surface area is 207 Å². The van der Waals surface area contributed by atoms with Crippen LogP contribution in [0.25, 0.3) is 22.0 Å². The SMILES string of the molecule is [B]C([B])([B])N1CCN(c2cc(C(=O)Nc3cc4cc(-c5cn(C)nn5)ccc4cn3)ccn2)CC1. The number of amides is 1. The summed E-state index contributed by atoms with van der Waals surface area (Å²) in [6, 6.07) is 11.2. The average Bonchev–Trinajstić information content (AvgIpc) is 3.29. The van der Waals surface area contributed by atoms with E-state index in [1.807, 2.05) is 37.5 Å². The summed E-state index contributed by atoms with van der Waals surface area (Å²) in [7, 11) is 19.2. The van der Waals surface area contributed by atoms with Crippen LogP contribution in [0.15, 0.2) is 55.0 Å². The van der Waals surface area contributed by atoms with Gasteiger partial charge in [0, 0.05) is 62.1 Å². The number of hydrogen-bond donors (Lipinski definition) is 1. The summed E-state index contributed by atoms with van der Waals surface area (Å²) in [5.41, 5.74) is 2.19. The van der Waals surface area contributed by atoms with Crippen molar-refractivity contribution in [1.82, 2.24) is 29.9 Å². The van der Waals surface area contributed by atoms with Crippen LogP contribution in [-0.4, -0.2) is 90.7 Å². The van der Waals surface area contributed by atoms with Gasteiger partial charge in [-0.25, -0.2) is 9.97 Å². The van der Waals surface area contributed by atoms with Gasteiger partial charge in [-0.2, -0.15) is 0 Å². The monoisotopic (exact) mass is 458 g/mol. The second kappa shape index (κ2) is 9.18. The molecule has 0 bridgehead atoms. The molecule has 12 heteroatoms. The van der Waals surface area contributed by atoms with Crippen molar-refractivity contribution in [2.45, 2.75) is 5.24 Å². The Morgan fingerprint density at radius 1 is 1.00 bits per heavy atom. The van der Waals surface area contributed by atoms with Crippen molar-refractivity contribution in [3.05, 3.63) is 60.6 Å². The largest absolute Gasteiger partial charge is 0.354 e. The summed E-state index contributed by atoms with van der Waals surface area (Å²) >= 11 is 0. The van der Waals surface area contributed by atoms with E-state index < -0.39 is 5.24 Å². The lowest BCUT2D eigenvalue weighted by atomic mass is 9.48. The molecule has 1 fully saturated rings. The number of anilines is 2. The Bertz CT molecular complexity index is 1380. The van der Waals surface area contributed by atoms with Crippen molar-refractivity contribution in [3.8, 4) is 11.3 Å².